The van der Waals surface area contributed by atoms with Gasteiger partial charge in [0, 0.05) is 30.8 Å². The summed E-state index contributed by atoms with van der Waals surface area (Å²) in [6.07, 6.45) is 0. The van der Waals surface area contributed by atoms with E-state index in [1.165, 1.54) is 12.1 Å². The van der Waals surface area contributed by atoms with Crippen molar-refractivity contribution in [1.82, 2.24) is 10.2 Å². The van der Waals surface area contributed by atoms with Gasteiger partial charge in [-0.25, -0.2) is 8.42 Å². The number of carbonyl (C=O) groups is 2. The molecule has 2 rings (SSSR count). The van der Waals surface area contributed by atoms with Gasteiger partial charge in [-0.15, -0.1) is 0 Å². The largest absolute Gasteiger partial charge is 0.348 e. The van der Waals surface area contributed by atoms with Crippen LogP contribution in [0.5, 0.6) is 0 Å². The van der Waals surface area contributed by atoms with E-state index in [1.54, 1.807) is 36.2 Å². The summed E-state index contributed by atoms with van der Waals surface area (Å²) in [6.45, 7) is 4.01. The minimum Gasteiger partial charge on any atom is -0.348 e. The Morgan fingerprint density at radius 3 is 1.97 bits per heavy atom. The number of alkyl halides is 2. The molecular weight excluding hydrogens is 402 g/mol. The number of nitrogens with one attached hydrogen (secondary N) is 1. The predicted octanol–water partition coefficient (Wildman–Crippen LogP) is 3.09. The number of carbonyl (C=O) groups excluding carboxylic acids is 2. The van der Waals surface area contributed by atoms with Gasteiger partial charge in [0.25, 0.3) is 11.8 Å². The molecule has 0 bridgehead atoms. The Morgan fingerprint density at radius 1 is 0.966 bits per heavy atom. The molecule has 2 aromatic rings. The highest BCUT2D eigenvalue weighted by molar-refractivity contribution is 7.91. The molecule has 9 heteroatoms. The summed E-state index contributed by atoms with van der Waals surface area (Å²) >= 11 is 0. The Morgan fingerprint density at radius 2 is 1.48 bits per heavy atom. The highest BCUT2D eigenvalue weighted by Gasteiger charge is 2.26. The summed E-state index contributed by atoms with van der Waals surface area (Å²) in [5.74, 6) is -4.10. The SMILES string of the molecule is CC(C)N(C)C(=O)c1ccc(CNC(=O)c2ccc(S(=O)(=O)C(F)F)cc2)cc1. The first-order valence-corrected chi connectivity index (χ1v) is 10.3. The summed E-state index contributed by atoms with van der Waals surface area (Å²) in [5.41, 5.74) is 1.44. The Kier molecular flexibility index (Phi) is 7.07. The van der Waals surface area contributed by atoms with E-state index >= 15 is 0 Å². The third-order valence-corrected chi connectivity index (χ3v) is 5.83. The van der Waals surface area contributed by atoms with Gasteiger partial charge in [0.2, 0.25) is 9.84 Å². The Labute approximate surface area is 168 Å². The molecule has 0 aliphatic carbocycles. The fourth-order valence-electron chi connectivity index (χ4n) is 2.39. The van der Waals surface area contributed by atoms with Crippen LogP contribution in [0, 0.1) is 0 Å². The summed E-state index contributed by atoms with van der Waals surface area (Å²) in [4.78, 5) is 25.5. The van der Waals surface area contributed by atoms with Gasteiger partial charge in [0.05, 0.1) is 4.90 Å². The van der Waals surface area contributed by atoms with Crippen molar-refractivity contribution in [3.05, 3.63) is 65.2 Å². The second kappa shape index (κ2) is 9.13. The van der Waals surface area contributed by atoms with Gasteiger partial charge in [0.15, 0.2) is 0 Å². The molecule has 0 radical (unpaired) electrons. The molecule has 156 valence electrons. The molecule has 2 amide bonds. The van der Waals surface area contributed by atoms with Crippen LogP contribution in [0.3, 0.4) is 0 Å². The van der Waals surface area contributed by atoms with Crippen LogP contribution in [-0.2, 0) is 16.4 Å². The zero-order valence-electron chi connectivity index (χ0n) is 16.2. The molecular formula is C20H22F2N2O4S. The summed E-state index contributed by atoms with van der Waals surface area (Å²) in [7, 11) is -2.97. The summed E-state index contributed by atoms with van der Waals surface area (Å²) < 4.78 is 47.9. The zero-order valence-corrected chi connectivity index (χ0v) is 17.0. The molecule has 1 N–H and O–H groups in total. The molecule has 0 aliphatic heterocycles. The molecule has 0 fully saturated rings. The number of nitrogens with zero attached hydrogens (tertiary/aromatic N) is 1. The highest BCUT2D eigenvalue weighted by Crippen LogP contribution is 2.18. The maximum atomic E-state index is 12.5. The molecule has 0 saturated carbocycles. The lowest BCUT2D eigenvalue weighted by Gasteiger charge is -2.21. The molecule has 0 saturated heterocycles. The second-order valence-corrected chi connectivity index (χ2v) is 8.64. The summed E-state index contributed by atoms with van der Waals surface area (Å²) in [6, 6.07) is 11.2. The quantitative estimate of drug-likeness (QED) is 0.740. The van der Waals surface area contributed by atoms with Gasteiger partial charge in [-0.2, -0.15) is 8.78 Å². The first-order valence-electron chi connectivity index (χ1n) is 8.80. The lowest BCUT2D eigenvalue weighted by Crippen LogP contribution is -2.32. The highest BCUT2D eigenvalue weighted by atomic mass is 32.2. The van der Waals surface area contributed by atoms with Crippen molar-refractivity contribution in [2.75, 3.05) is 7.05 Å². The predicted molar refractivity (Wildman–Crippen MR) is 104 cm³/mol. The molecule has 0 spiro atoms. The van der Waals surface area contributed by atoms with Gasteiger partial charge in [-0.05, 0) is 55.8 Å². The van der Waals surface area contributed by atoms with Crippen molar-refractivity contribution in [3.63, 3.8) is 0 Å². The van der Waals surface area contributed by atoms with Crippen LogP contribution in [-0.4, -0.2) is 44.0 Å². The monoisotopic (exact) mass is 424 g/mol. The summed E-state index contributed by atoms with van der Waals surface area (Å²) in [5, 5.41) is 2.65. The Hall–Kier alpha value is -2.81. The fourth-order valence-corrected chi connectivity index (χ4v) is 3.11. The van der Waals surface area contributed by atoms with Crippen molar-refractivity contribution in [2.45, 2.75) is 37.1 Å². The van der Waals surface area contributed by atoms with Gasteiger partial charge in [0.1, 0.15) is 0 Å². The van der Waals surface area contributed by atoms with Crippen LogP contribution in [0.25, 0.3) is 0 Å². The van der Waals surface area contributed by atoms with E-state index in [0.29, 0.717) is 5.56 Å². The van der Waals surface area contributed by atoms with Gasteiger partial charge < -0.3 is 10.2 Å². The van der Waals surface area contributed by atoms with Gasteiger partial charge >= 0.3 is 5.76 Å². The van der Waals surface area contributed by atoms with E-state index in [2.05, 4.69) is 5.32 Å². The third-order valence-electron chi connectivity index (χ3n) is 4.43. The third kappa shape index (κ3) is 5.38. The zero-order chi connectivity index (χ0) is 21.8. The number of halogens is 2. The molecule has 0 aromatic heterocycles. The average Bonchev–Trinajstić information content (AvgIpc) is 2.71. The minimum atomic E-state index is -4.69. The van der Waals surface area contributed by atoms with Crippen LogP contribution >= 0.6 is 0 Å². The fraction of sp³-hybridized carbons (Fsp3) is 0.300. The van der Waals surface area contributed by atoms with E-state index in [1.807, 2.05) is 13.8 Å². The van der Waals surface area contributed by atoms with E-state index in [-0.39, 0.29) is 24.1 Å². The second-order valence-electron chi connectivity index (χ2n) is 6.72. The van der Waals surface area contributed by atoms with Crippen molar-refractivity contribution in [2.24, 2.45) is 0 Å². The van der Waals surface area contributed by atoms with Crippen molar-refractivity contribution >= 4 is 21.7 Å². The van der Waals surface area contributed by atoms with Crippen LogP contribution in [0.1, 0.15) is 40.1 Å². The molecule has 6 nitrogen and oxygen atoms in total. The van der Waals surface area contributed by atoms with E-state index in [0.717, 1.165) is 17.7 Å². The van der Waals surface area contributed by atoms with Gasteiger partial charge in [-0.1, -0.05) is 12.1 Å². The van der Waals surface area contributed by atoms with Crippen molar-refractivity contribution in [1.29, 1.82) is 0 Å². The topological polar surface area (TPSA) is 83.6 Å². The minimum absolute atomic E-state index is 0.0727. The van der Waals surface area contributed by atoms with Crippen LogP contribution in [0.15, 0.2) is 53.4 Å². The molecule has 0 heterocycles. The van der Waals surface area contributed by atoms with Crippen molar-refractivity contribution in [3.8, 4) is 0 Å². The Bertz CT molecular complexity index is 973. The maximum Gasteiger partial charge on any atom is 0.341 e. The lowest BCUT2D eigenvalue weighted by atomic mass is 10.1. The number of hydrogen-bond donors (Lipinski definition) is 1. The number of benzene rings is 2. The number of sulfone groups is 1. The van der Waals surface area contributed by atoms with Crippen LogP contribution in [0.2, 0.25) is 0 Å². The normalized spacial score (nSPS) is 11.6. The molecule has 29 heavy (non-hydrogen) atoms. The average molecular weight is 424 g/mol. The first kappa shape index (κ1) is 22.5. The molecule has 0 unspecified atom stereocenters. The van der Waals surface area contributed by atoms with E-state index in [4.69, 9.17) is 0 Å². The van der Waals surface area contributed by atoms with Crippen molar-refractivity contribution < 1.29 is 26.8 Å². The number of amides is 2. The maximum absolute atomic E-state index is 12.5. The first-order chi connectivity index (χ1) is 13.5. The van der Waals surface area contributed by atoms with E-state index in [9.17, 15) is 26.8 Å². The number of rotatable bonds is 7. The van der Waals surface area contributed by atoms with Crippen LogP contribution in [0.4, 0.5) is 8.78 Å². The Balaban J connectivity index is 2.00. The molecule has 0 aliphatic rings. The van der Waals surface area contributed by atoms with Gasteiger partial charge in [-0.3, -0.25) is 9.59 Å². The van der Waals surface area contributed by atoms with Crippen LogP contribution < -0.4 is 5.32 Å². The van der Waals surface area contributed by atoms with E-state index < -0.39 is 26.4 Å². The smallest absolute Gasteiger partial charge is 0.341 e. The number of hydrogen-bond acceptors (Lipinski definition) is 4. The standard InChI is InChI=1S/C20H22F2N2O4S/c1-13(2)24(3)19(26)16-6-4-14(5-7-16)12-23-18(25)15-8-10-17(11-9-15)29(27,28)20(21)22/h4-11,13,20H,12H2,1-3H3,(H,23,25). The molecule has 0 atom stereocenters. The molecule has 2 aromatic carbocycles. The lowest BCUT2D eigenvalue weighted by molar-refractivity contribution is 0.0754.